The molecule has 0 saturated heterocycles. The van der Waals surface area contributed by atoms with Crippen molar-refractivity contribution in [1.29, 1.82) is 0 Å². The maximum Gasteiger partial charge on any atom is 0.254 e. The van der Waals surface area contributed by atoms with E-state index in [2.05, 4.69) is 5.29 Å². The van der Waals surface area contributed by atoms with E-state index in [4.69, 9.17) is 0 Å². The lowest BCUT2D eigenvalue weighted by Gasteiger charge is -1.99. The van der Waals surface area contributed by atoms with Crippen LogP contribution in [0.3, 0.4) is 0 Å². The topological polar surface area (TPSA) is 75.6 Å². The zero-order valence-corrected chi connectivity index (χ0v) is 7.49. The molecular weight excluding hydrogens is 192 g/mol. The van der Waals surface area contributed by atoms with Crippen LogP contribution in [0.2, 0.25) is 0 Å². The number of hydrogen-bond acceptors (Lipinski definition) is 4. The molecule has 1 aromatic rings. The highest BCUT2D eigenvalue weighted by atomic mass is 32.2. The predicted molar refractivity (Wildman–Crippen MR) is 48.0 cm³/mol. The van der Waals surface area contributed by atoms with Gasteiger partial charge in [-0.25, -0.2) is 8.42 Å². The lowest BCUT2D eigenvalue weighted by Crippen LogP contribution is -2.19. The highest BCUT2D eigenvalue weighted by Crippen LogP contribution is 2.03. The molecule has 0 bridgehead atoms. The van der Waals surface area contributed by atoms with E-state index < -0.39 is 10.0 Å². The number of nitrogens with one attached hydrogen (secondary N) is 1. The van der Waals surface area contributed by atoms with E-state index in [0.29, 0.717) is 5.56 Å². The quantitative estimate of drug-likeness (QED) is 0.576. The van der Waals surface area contributed by atoms with Gasteiger partial charge < -0.3 is 0 Å². The van der Waals surface area contributed by atoms with Crippen LogP contribution in [0.25, 0.3) is 0 Å². The van der Waals surface area contributed by atoms with Crippen molar-refractivity contribution in [3.63, 3.8) is 0 Å². The van der Waals surface area contributed by atoms with Gasteiger partial charge in [0.15, 0.2) is 0 Å². The van der Waals surface area contributed by atoms with Crippen molar-refractivity contribution in [2.45, 2.75) is 5.75 Å². The number of sulfonamides is 1. The van der Waals surface area contributed by atoms with E-state index >= 15 is 0 Å². The van der Waals surface area contributed by atoms with Crippen LogP contribution in [0.15, 0.2) is 35.6 Å². The molecule has 5 nitrogen and oxygen atoms in total. The molecule has 0 amide bonds. The molecule has 0 aliphatic carbocycles. The van der Waals surface area contributed by atoms with E-state index in [9.17, 15) is 13.3 Å². The summed E-state index contributed by atoms with van der Waals surface area (Å²) in [6.45, 7) is 0. The fourth-order valence-electron chi connectivity index (χ4n) is 0.883. The Balaban J connectivity index is 2.75. The van der Waals surface area contributed by atoms with Gasteiger partial charge in [-0.15, -0.1) is 4.91 Å². The molecule has 70 valence electrons. The molecular formula is C7H8N2O3S. The highest BCUT2D eigenvalue weighted by Gasteiger charge is 2.09. The van der Waals surface area contributed by atoms with Crippen LogP contribution < -0.4 is 4.83 Å². The molecule has 0 spiro atoms. The zero-order valence-electron chi connectivity index (χ0n) is 6.67. The number of rotatable bonds is 4. The molecule has 1 rings (SSSR count). The van der Waals surface area contributed by atoms with Gasteiger partial charge >= 0.3 is 0 Å². The van der Waals surface area contributed by atoms with Crippen LogP contribution in [0.1, 0.15) is 5.56 Å². The van der Waals surface area contributed by atoms with Crippen LogP contribution in [0.4, 0.5) is 0 Å². The largest absolute Gasteiger partial charge is 0.254 e. The molecule has 0 fully saturated rings. The van der Waals surface area contributed by atoms with Crippen molar-refractivity contribution in [2.75, 3.05) is 0 Å². The van der Waals surface area contributed by atoms with Crippen molar-refractivity contribution in [1.82, 2.24) is 4.83 Å². The van der Waals surface area contributed by atoms with Crippen molar-refractivity contribution in [3.05, 3.63) is 40.8 Å². The summed E-state index contributed by atoms with van der Waals surface area (Å²) < 4.78 is 22.0. The van der Waals surface area contributed by atoms with Gasteiger partial charge in [-0.2, -0.15) is 4.83 Å². The molecule has 13 heavy (non-hydrogen) atoms. The molecule has 0 unspecified atom stereocenters. The molecule has 6 heteroatoms. The lowest BCUT2D eigenvalue weighted by molar-refractivity contribution is 0.583. The first kappa shape index (κ1) is 9.66. The van der Waals surface area contributed by atoms with Gasteiger partial charge in [0.1, 0.15) is 0 Å². The molecule has 1 N–H and O–H groups in total. The average molecular weight is 200 g/mol. The summed E-state index contributed by atoms with van der Waals surface area (Å²) in [5.74, 6) is -0.237. The molecule has 0 atom stereocenters. The second-order valence-electron chi connectivity index (χ2n) is 2.43. The van der Waals surface area contributed by atoms with Gasteiger partial charge in [-0.1, -0.05) is 30.3 Å². The Morgan fingerprint density at radius 2 is 1.85 bits per heavy atom. The van der Waals surface area contributed by atoms with Gasteiger partial charge in [0.05, 0.1) is 11.0 Å². The van der Waals surface area contributed by atoms with E-state index in [-0.39, 0.29) is 5.75 Å². The summed E-state index contributed by atoms with van der Waals surface area (Å²) >= 11 is 0. The fourth-order valence-corrected chi connectivity index (χ4v) is 1.69. The highest BCUT2D eigenvalue weighted by molar-refractivity contribution is 7.88. The molecule has 0 aliphatic rings. The SMILES string of the molecule is O=NNS(=O)(=O)Cc1ccccc1. The van der Waals surface area contributed by atoms with Crippen LogP contribution in [0.5, 0.6) is 0 Å². The summed E-state index contributed by atoms with van der Waals surface area (Å²) in [5.41, 5.74) is 0.610. The first-order valence-corrected chi connectivity index (χ1v) is 5.15. The van der Waals surface area contributed by atoms with E-state index in [1.807, 2.05) is 0 Å². The van der Waals surface area contributed by atoms with Crippen molar-refractivity contribution in [2.24, 2.45) is 5.29 Å². The lowest BCUT2D eigenvalue weighted by atomic mass is 10.2. The number of benzene rings is 1. The van der Waals surface area contributed by atoms with Gasteiger partial charge in [-0.3, -0.25) is 0 Å². The Bertz CT molecular complexity index is 374. The minimum atomic E-state index is -3.61. The Kier molecular flexibility index (Phi) is 2.97. The van der Waals surface area contributed by atoms with Crippen molar-refractivity contribution >= 4 is 10.0 Å². The maximum absolute atomic E-state index is 11.0. The standard InChI is InChI=1S/C7H8N2O3S/c10-8-9-13(11,12)6-7-4-2-1-3-5-7/h1-5H,6H2,(H,9,10). The third-order valence-corrected chi connectivity index (χ3v) is 2.44. The second-order valence-corrected chi connectivity index (χ2v) is 4.13. The van der Waals surface area contributed by atoms with Gasteiger partial charge in [0.25, 0.3) is 10.0 Å². The van der Waals surface area contributed by atoms with E-state index in [1.54, 1.807) is 30.3 Å². The summed E-state index contributed by atoms with van der Waals surface area (Å²) in [5, 5.41) is 2.12. The third kappa shape index (κ3) is 3.20. The van der Waals surface area contributed by atoms with Crippen molar-refractivity contribution < 1.29 is 8.42 Å². The van der Waals surface area contributed by atoms with Crippen LogP contribution in [0, 0.1) is 4.91 Å². The zero-order chi connectivity index (χ0) is 9.73. The first-order valence-electron chi connectivity index (χ1n) is 3.50. The molecule has 0 heterocycles. The Hall–Kier alpha value is -1.43. The number of hydrogen-bond donors (Lipinski definition) is 1. The van der Waals surface area contributed by atoms with Gasteiger partial charge in [-0.05, 0) is 5.56 Å². The minimum Gasteiger partial charge on any atom is -0.205 e. The van der Waals surface area contributed by atoms with Gasteiger partial charge in [0.2, 0.25) is 0 Å². The van der Waals surface area contributed by atoms with E-state index in [1.165, 1.54) is 4.83 Å². The average Bonchev–Trinajstić information content (AvgIpc) is 2.04. The Labute approximate surface area is 75.8 Å². The summed E-state index contributed by atoms with van der Waals surface area (Å²) in [6, 6.07) is 8.54. The molecule has 0 aliphatic heterocycles. The second kappa shape index (κ2) is 3.99. The third-order valence-electron chi connectivity index (χ3n) is 1.38. The number of nitroso groups, excluding NO2 is 1. The van der Waals surface area contributed by atoms with Crippen LogP contribution in [-0.4, -0.2) is 8.42 Å². The Morgan fingerprint density at radius 3 is 2.38 bits per heavy atom. The molecule has 1 aromatic carbocycles. The summed E-state index contributed by atoms with van der Waals surface area (Å²) in [6.07, 6.45) is 0. The van der Waals surface area contributed by atoms with E-state index in [0.717, 1.165) is 0 Å². The molecule has 0 aromatic heterocycles. The summed E-state index contributed by atoms with van der Waals surface area (Å²) in [7, 11) is -3.61. The van der Waals surface area contributed by atoms with Crippen molar-refractivity contribution in [3.8, 4) is 0 Å². The maximum atomic E-state index is 11.0. The predicted octanol–water partition coefficient (Wildman–Crippen LogP) is 0.787. The summed E-state index contributed by atoms with van der Waals surface area (Å²) in [4.78, 5) is 11.2. The molecule has 0 saturated carbocycles. The molecule has 0 radical (unpaired) electrons. The smallest absolute Gasteiger partial charge is 0.205 e. The van der Waals surface area contributed by atoms with Gasteiger partial charge in [0, 0.05) is 0 Å². The Morgan fingerprint density at radius 1 is 1.23 bits per heavy atom. The monoisotopic (exact) mass is 200 g/mol. The minimum absolute atomic E-state index is 0.237. The fraction of sp³-hybridized carbons (Fsp3) is 0.143. The normalized spacial score (nSPS) is 10.8. The first-order chi connectivity index (χ1) is 6.14. The number of nitrogens with zero attached hydrogens (tertiary/aromatic N) is 1. The van der Waals surface area contributed by atoms with Crippen LogP contribution >= 0.6 is 0 Å². The van der Waals surface area contributed by atoms with Crippen LogP contribution in [-0.2, 0) is 15.8 Å².